The Morgan fingerprint density at radius 2 is 2.14 bits per heavy atom. The molecule has 1 unspecified atom stereocenters. The van der Waals surface area contributed by atoms with Gasteiger partial charge in [-0.25, -0.2) is 0 Å². The highest BCUT2D eigenvalue weighted by atomic mass is 32.2. The number of methoxy groups -OCH3 is 1. The number of benzene rings is 1. The molecule has 0 spiro atoms. The lowest BCUT2D eigenvalue weighted by Crippen LogP contribution is -2.27. The third-order valence-corrected chi connectivity index (χ3v) is 3.65. The molecule has 21 heavy (non-hydrogen) atoms. The summed E-state index contributed by atoms with van der Waals surface area (Å²) in [5, 5.41) is 0.820. The van der Waals surface area contributed by atoms with Gasteiger partial charge in [0.2, 0.25) is 5.91 Å². The topological polar surface area (TPSA) is 98.8 Å². The van der Waals surface area contributed by atoms with Crippen molar-refractivity contribution in [2.45, 2.75) is 11.7 Å². The van der Waals surface area contributed by atoms with Gasteiger partial charge in [0.15, 0.2) is 11.5 Å². The summed E-state index contributed by atoms with van der Waals surface area (Å²) in [5.74, 6) is -0.810. The highest BCUT2D eigenvalue weighted by molar-refractivity contribution is 8.15. The third kappa shape index (κ3) is 3.60. The first kappa shape index (κ1) is 15.0. The highest BCUT2D eigenvalue weighted by Gasteiger charge is 2.34. The number of hydrogen-bond donors (Lipinski definition) is 1. The summed E-state index contributed by atoms with van der Waals surface area (Å²) in [6, 6.07) is 4.32. The Bertz CT molecular complexity index is 615. The molecule has 0 saturated carbocycles. The number of carbonyl (C=O) groups is 4. The molecular formula is C13H11NO6S. The van der Waals surface area contributed by atoms with Crippen LogP contribution in [-0.4, -0.2) is 35.8 Å². The van der Waals surface area contributed by atoms with E-state index in [1.807, 2.05) is 0 Å². The van der Waals surface area contributed by atoms with Gasteiger partial charge in [-0.15, -0.1) is 0 Å². The zero-order chi connectivity index (χ0) is 15.4. The first-order valence-corrected chi connectivity index (χ1v) is 6.77. The van der Waals surface area contributed by atoms with Crippen LogP contribution in [0, 0.1) is 0 Å². The number of amides is 2. The van der Waals surface area contributed by atoms with E-state index in [1.165, 1.54) is 25.3 Å². The predicted octanol–water partition coefficient (Wildman–Crippen LogP) is 1.15. The van der Waals surface area contributed by atoms with Gasteiger partial charge >= 0.3 is 5.97 Å². The van der Waals surface area contributed by atoms with E-state index < -0.39 is 22.4 Å². The zero-order valence-corrected chi connectivity index (χ0v) is 11.8. The SMILES string of the molecule is COc1cc(C=O)ccc1OC(=O)CC1SC(=O)NC1=O. The van der Waals surface area contributed by atoms with E-state index in [1.54, 1.807) is 0 Å². The Morgan fingerprint density at radius 1 is 1.38 bits per heavy atom. The fourth-order valence-electron chi connectivity index (χ4n) is 1.69. The molecule has 2 rings (SSSR count). The van der Waals surface area contributed by atoms with E-state index in [2.05, 4.69) is 5.32 Å². The molecular weight excluding hydrogens is 298 g/mol. The molecule has 0 radical (unpaired) electrons. The molecule has 0 bridgehead atoms. The molecule has 8 heteroatoms. The Kier molecular flexibility index (Phi) is 4.59. The molecule has 1 aliphatic heterocycles. The number of nitrogens with one attached hydrogen (secondary N) is 1. The van der Waals surface area contributed by atoms with Crippen LogP contribution in [-0.2, 0) is 9.59 Å². The molecule has 0 aromatic heterocycles. The van der Waals surface area contributed by atoms with Gasteiger partial charge in [0.25, 0.3) is 5.24 Å². The Hall–Kier alpha value is -2.35. The van der Waals surface area contributed by atoms with Crippen molar-refractivity contribution in [3.63, 3.8) is 0 Å². The van der Waals surface area contributed by atoms with Crippen LogP contribution in [0.2, 0.25) is 0 Å². The summed E-state index contributed by atoms with van der Waals surface area (Å²) in [5.41, 5.74) is 0.378. The quantitative estimate of drug-likeness (QED) is 0.495. The molecule has 1 saturated heterocycles. The van der Waals surface area contributed by atoms with Crippen molar-refractivity contribution >= 4 is 35.2 Å². The number of hydrogen-bond acceptors (Lipinski definition) is 7. The molecule has 1 aliphatic rings. The number of ether oxygens (including phenoxy) is 2. The summed E-state index contributed by atoms with van der Waals surface area (Å²) in [7, 11) is 1.38. The Labute approximate surface area is 124 Å². The molecule has 0 aliphatic carbocycles. The molecule has 1 aromatic rings. The molecule has 1 atom stereocenters. The van der Waals surface area contributed by atoms with Crippen molar-refractivity contribution in [2.24, 2.45) is 0 Å². The van der Waals surface area contributed by atoms with Crippen LogP contribution in [0.15, 0.2) is 18.2 Å². The third-order valence-electron chi connectivity index (χ3n) is 2.67. The lowest BCUT2D eigenvalue weighted by molar-refractivity contribution is -0.136. The maximum Gasteiger partial charge on any atom is 0.312 e. The van der Waals surface area contributed by atoms with Crippen molar-refractivity contribution in [2.75, 3.05) is 7.11 Å². The fraction of sp³-hybridized carbons (Fsp3) is 0.231. The second-order valence-corrected chi connectivity index (χ2v) is 5.27. The van der Waals surface area contributed by atoms with Gasteiger partial charge in [0, 0.05) is 5.56 Å². The standard InChI is InChI=1S/C13H11NO6S/c1-19-9-4-7(6-15)2-3-8(9)20-11(16)5-10-12(17)14-13(18)21-10/h2-4,6,10H,5H2,1H3,(H,14,17,18). The van der Waals surface area contributed by atoms with E-state index in [0.717, 1.165) is 11.8 Å². The first-order valence-electron chi connectivity index (χ1n) is 5.89. The summed E-state index contributed by atoms with van der Waals surface area (Å²) < 4.78 is 10.1. The zero-order valence-electron chi connectivity index (χ0n) is 11.0. The van der Waals surface area contributed by atoms with E-state index >= 15 is 0 Å². The minimum absolute atomic E-state index is 0.142. The first-order chi connectivity index (χ1) is 10.0. The molecule has 110 valence electrons. The smallest absolute Gasteiger partial charge is 0.312 e. The van der Waals surface area contributed by atoms with Crippen molar-refractivity contribution in [3.8, 4) is 11.5 Å². The van der Waals surface area contributed by atoms with Gasteiger partial charge in [0.05, 0.1) is 13.5 Å². The van der Waals surface area contributed by atoms with E-state index in [0.29, 0.717) is 11.8 Å². The monoisotopic (exact) mass is 309 g/mol. The lowest BCUT2D eigenvalue weighted by atomic mass is 10.2. The van der Waals surface area contributed by atoms with Gasteiger partial charge < -0.3 is 9.47 Å². The van der Waals surface area contributed by atoms with E-state index in [4.69, 9.17) is 9.47 Å². The lowest BCUT2D eigenvalue weighted by Gasteiger charge is -2.10. The van der Waals surface area contributed by atoms with Gasteiger partial charge in [-0.05, 0) is 18.2 Å². The van der Waals surface area contributed by atoms with Crippen LogP contribution in [0.4, 0.5) is 4.79 Å². The van der Waals surface area contributed by atoms with Crippen LogP contribution in [0.1, 0.15) is 16.8 Å². The second kappa shape index (κ2) is 6.40. The maximum atomic E-state index is 11.8. The summed E-state index contributed by atoms with van der Waals surface area (Å²) in [4.78, 5) is 44.8. The van der Waals surface area contributed by atoms with Gasteiger partial charge in [-0.1, -0.05) is 11.8 Å². The van der Waals surface area contributed by atoms with E-state index in [-0.39, 0.29) is 17.9 Å². The van der Waals surface area contributed by atoms with Crippen LogP contribution in [0.3, 0.4) is 0 Å². The number of rotatable bonds is 5. The van der Waals surface area contributed by atoms with Crippen molar-refractivity contribution in [1.29, 1.82) is 0 Å². The van der Waals surface area contributed by atoms with Gasteiger partial charge in [-0.3, -0.25) is 24.5 Å². The molecule has 2 amide bonds. The Morgan fingerprint density at radius 3 is 2.71 bits per heavy atom. The molecule has 1 heterocycles. The number of esters is 1. The second-order valence-electron chi connectivity index (χ2n) is 4.09. The normalized spacial score (nSPS) is 17.3. The predicted molar refractivity (Wildman–Crippen MR) is 73.6 cm³/mol. The maximum absolute atomic E-state index is 11.8. The van der Waals surface area contributed by atoms with Crippen LogP contribution in [0.5, 0.6) is 11.5 Å². The molecule has 1 N–H and O–H groups in total. The summed E-state index contributed by atoms with van der Waals surface area (Å²) >= 11 is 0.751. The fourth-order valence-corrected chi connectivity index (χ4v) is 2.49. The van der Waals surface area contributed by atoms with E-state index in [9.17, 15) is 19.2 Å². The van der Waals surface area contributed by atoms with Crippen LogP contribution >= 0.6 is 11.8 Å². The number of aldehydes is 1. The van der Waals surface area contributed by atoms with Crippen molar-refractivity contribution in [3.05, 3.63) is 23.8 Å². The summed E-state index contributed by atoms with van der Waals surface area (Å²) in [6.45, 7) is 0. The highest BCUT2D eigenvalue weighted by Crippen LogP contribution is 2.29. The minimum Gasteiger partial charge on any atom is -0.493 e. The minimum atomic E-state index is -0.787. The molecule has 7 nitrogen and oxygen atoms in total. The van der Waals surface area contributed by atoms with Gasteiger partial charge in [-0.2, -0.15) is 0 Å². The van der Waals surface area contributed by atoms with Crippen LogP contribution in [0.25, 0.3) is 0 Å². The number of thioether (sulfide) groups is 1. The Balaban J connectivity index is 2.04. The molecule has 1 fully saturated rings. The average molecular weight is 309 g/mol. The number of carbonyl (C=O) groups excluding carboxylic acids is 4. The molecule has 1 aromatic carbocycles. The average Bonchev–Trinajstić information content (AvgIpc) is 2.77. The number of imide groups is 1. The largest absolute Gasteiger partial charge is 0.493 e. The van der Waals surface area contributed by atoms with Crippen LogP contribution < -0.4 is 14.8 Å². The summed E-state index contributed by atoms with van der Waals surface area (Å²) in [6.07, 6.45) is 0.403. The van der Waals surface area contributed by atoms with Gasteiger partial charge in [0.1, 0.15) is 11.5 Å². The van der Waals surface area contributed by atoms with Crippen molar-refractivity contribution < 1.29 is 28.7 Å². The van der Waals surface area contributed by atoms with Crippen molar-refractivity contribution in [1.82, 2.24) is 5.32 Å².